The molecule has 0 unspecified atom stereocenters. The van der Waals surface area contributed by atoms with Gasteiger partial charge in [0, 0.05) is 4.90 Å². The Morgan fingerprint density at radius 2 is 2.17 bits per heavy atom. The molecule has 0 atom stereocenters. The number of hydrogen-bond donors (Lipinski definition) is 0. The standard InChI is InChI=1S/C10H14OS/c1-4-11-9-7-8(2)5-6-10(9)12-3/h5-7H,4H2,1-3H3. The molecule has 66 valence electrons. The molecule has 1 aromatic carbocycles. The number of rotatable bonds is 3. The lowest BCUT2D eigenvalue weighted by atomic mass is 10.2. The molecule has 0 aliphatic heterocycles. The Bertz CT molecular complexity index is 258. The van der Waals surface area contributed by atoms with Crippen LogP contribution in [0.5, 0.6) is 5.75 Å². The van der Waals surface area contributed by atoms with Gasteiger partial charge in [-0.1, -0.05) is 6.07 Å². The quantitative estimate of drug-likeness (QED) is 0.664. The van der Waals surface area contributed by atoms with Crippen LogP contribution in [0.4, 0.5) is 0 Å². The van der Waals surface area contributed by atoms with Crippen molar-refractivity contribution in [1.29, 1.82) is 0 Å². The monoisotopic (exact) mass is 182 g/mol. The fourth-order valence-corrected chi connectivity index (χ4v) is 1.58. The highest BCUT2D eigenvalue weighted by molar-refractivity contribution is 7.98. The largest absolute Gasteiger partial charge is 0.493 e. The average molecular weight is 182 g/mol. The van der Waals surface area contributed by atoms with E-state index in [0.717, 1.165) is 12.4 Å². The van der Waals surface area contributed by atoms with E-state index in [0.29, 0.717) is 0 Å². The summed E-state index contributed by atoms with van der Waals surface area (Å²) in [6.07, 6.45) is 2.06. The minimum atomic E-state index is 0.733. The summed E-state index contributed by atoms with van der Waals surface area (Å²) in [5.74, 6) is 1.00. The van der Waals surface area contributed by atoms with Gasteiger partial charge in [-0.05, 0) is 37.8 Å². The van der Waals surface area contributed by atoms with Crippen LogP contribution in [0.15, 0.2) is 23.1 Å². The summed E-state index contributed by atoms with van der Waals surface area (Å²) < 4.78 is 5.49. The SMILES string of the molecule is CCOc1cc(C)ccc1SC. The molecule has 0 N–H and O–H groups in total. The second-order valence-electron chi connectivity index (χ2n) is 2.59. The van der Waals surface area contributed by atoms with Crippen molar-refractivity contribution < 1.29 is 4.74 Å². The maximum absolute atomic E-state index is 5.49. The summed E-state index contributed by atoms with van der Waals surface area (Å²) in [5, 5.41) is 0. The normalized spacial score (nSPS) is 9.92. The van der Waals surface area contributed by atoms with Gasteiger partial charge in [0.05, 0.1) is 6.61 Å². The molecule has 1 rings (SSSR count). The first-order valence-corrected chi connectivity index (χ1v) is 5.28. The van der Waals surface area contributed by atoms with Crippen molar-refractivity contribution in [2.75, 3.05) is 12.9 Å². The molecular formula is C10H14OS. The Morgan fingerprint density at radius 1 is 1.42 bits per heavy atom. The van der Waals surface area contributed by atoms with Gasteiger partial charge in [0.25, 0.3) is 0 Å². The van der Waals surface area contributed by atoms with Crippen LogP contribution in [0.2, 0.25) is 0 Å². The minimum absolute atomic E-state index is 0.733. The lowest BCUT2D eigenvalue weighted by molar-refractivity contribution is 0.332. The number of aryl methyl sites for hydroxylation is 1. The van der Waals surface area contributed by atoms with E-state index in [1.807, 2.05) is 6.92 Å². The van der Waals surface area contributed by atoms with Crippen LogP contribution >= 0.6 is 11.8 Å². The second-order valence-corrected chi connectivity index (χ2v) is 3.44. The molecule has 0 heterocycles. The summed E-state index contributed by atoms with van der Waals surface area (Å²) in [4.78, 5) is 1.21. The Kier molecular flexibility index (Phi) is 3.48. The zero-order chi connectivity index (χ0) is 8.97. The van der Waals surface area contributed by atoms with Crippen LogP contribution in [0, 0.1) is 6.92 Å². The van der Waals surface area contributed by atoms with Crippen LogP contribution in [-0.2, 0) is 0 Å². The van der Waals surface area contributed by atoms with Crippen molar-refractivity contribution in [3.05, 3.63) is 23.8 Å². The van der Waals surface area contributed by atoms with Crippen molar-refractivity contribution in [3.8, 4) is 5.75 Å². The highest BCUT2D eigenvalue weighted by Crippen LogP contribution is 2.28. The molecule has 1 aromatic rings. The molecule has 12 heavy (non-hydrogen) atoms. The predicted molar refractivity (Wildman–Crippen MR) is 54.1 cm³/mol. The average Bonchev–Trinajstić information content (AvgIpc) is 2.05. The van der Waals surface area contributed by atoms with Gasteiger partial charge in [0.1, 0.15) is 5.75 Å². The fourth-order valence-electron chi connectivity index (χ4n) is 1.05. The maximum Gasteiger partial charge on any atom is 0.133 e. The Morgan fingerprint density at radius 3 is 2.75 bits per heavy atom. The summed E-state index contributed by atoms with van der Waals surface area (Å²) >= 11 is 1.72. The molecule has 0 aliphatic carbocycles. The first-order valence-electron chi connectivity index (χ1n) is 4.05. The highest BCUT2D eigenvalue weighted by atomic mass is 32.2. The summed E-state index contributed by atoms with van der Waals surface area (Å²) in [6, 6.07) is 6.29. The maximum atomic E-state index is 5.49. The first-order chi connectivity index (χ1) is 5.77. The predicted octanol–water partition coefficient (Wildman–Crippen LogP) is 3.12. The van der Waals surface area contributed by atoms with Crippen molar-refractivity contribution >= 4 is 11.8 Å². The molecule has 0 radical (unpaired) electrons. The Hall–Kier alpha value is -0.630. The lowest BCUT2D eigenvalue weighted by Gasteiger charge is -2.08. The van der Waals surface area contributed by atoms with E-state index in [-0.39, 0.29) is 0 Å². The van der Waals surface area contributed by atoms with E-state index in [2.05, 4.69) is 31.4 Å². The van der Waals surface area contributed by atoms with Crippen molar-refractivity contribution in [3.63, 3.8) is 0 Å². The minimum Gasteiger partial charge on any atom is -0.493 e. The van der Waals surface area contributed by atoms with Gasteiger partial charge in [-0.3, -0.25) is 0 Å². The van der Waals surface area contributed by atoms with Gasteiger partial charge in [0.15, 0.2) is 0 Å². The van der Waals surface area contributed by atoms with Crippen LogP contribution < -0.4 is 4.74 Å². The summed E-state index contributed by atoms with van der Waals surface area (Å²) in [6.45, 7) is 4.82. The van der Waals surface area contributed by atoms with Gasteiger partial charge in [-0.2, -0.15) is 0 Å². The van der Waals surface area contributed by atoms with E-state index in [1.54, 1.807) is 11.8 Å². The smallest absolute Gasteiger partial charge is 0.133 e. The molecule has 0 aliphatic rings. The first kappa shape index (κ1) is 9.46. The zero-order valence-electron chi connectivity index (χ0n) is 7.76. The van der Waals surface area contributed by atoms with Gasteiger partial charge in [-0.25, -0.2) is 0 Å². The molecule has 0 bridgehead atoms. The second kappa shape index (κ2) is 4.41. The Balaban J connectivity index is 2.95. The highest BCUT2D eigenvalue weighted by Gasteiger charge is 2.00. The van der Waals surface area contributed by atoms with Gasteiger partial charge in [-0.15, -0.1) is 11.8 Å². The summed E-state index contributed by atoms with van der Waals surface area (Å²) in [5.41, 5.74) is 1.25. The Labute approximate surface area is 78.1 Å². The topological polar surface area (TPSA) is 9.23 Å². The third-order valence-corrected chi connectivity index (χ3v) is 2.40. The molecule has 0 aromatic heterocycles. The van der Waals surface area contributed by atoms with Crippen molar-refractivity contribution in [1.82, 2.24) is 0 Å². The zero-order valence-corrected chi connectivity index (χ0v) is 8.57. The number of benzene rings is 1. The molecule has 0 spiro atoms. The molecule has 0 saturated carbocycles. The number of thioether (sulfide) groups is 1. The number of ether oxygens (including phenoxy) is 1. The molecule has 0 saturated heterocycles. The fraction of sp³-hybridized carbons (Fsp3) is 0.400. The van der Waals surface area contributed by atoms with Crippen molar-refractivity contribution in [2.45, 2.75) is 18.7 Å². The van der Waals surface area contributed by atoms with Crippen LogP contribution in [0.3, 0.4) is 0 Å². The third kappa shape index (κ3) is 2.18. The van der Waals surface area contributed by atoms with E-state index < -0.39 is 0 Å². The molecular weight excluding hydrogens is 168 g/mol. The molecule has 1 nitrogen and oxygen atoms in total. The van der Waals surface area contributed by atoms with Crippen molar-refractivity contribution in [2.24, 2.45) is 0 Å². The van der Waals surface area contributed by atoms with Crippen LogP contribution in [0.25, 0.3) is 0 Å². The molecule has 2 heteroatoms. The van der Waals surface area contributed by atoms with Crippen LogP contribution in [0.1, 0.15) is 12.5 Å². The van der Waals surface area contributed by atoms with E-state index in [9.17, 15) is 0 Å². The molecule has 0 amide bonds. The van der Waals surface area contributed by atoms with Gasteiger partial charge in [0.2, 0.25) is 0 Å². The van der Waals surface area contributed by atoms with E-state index in [4.69, 9.17) is 4.74 Å². The third-order valence-electron chi connectivity index (χ3n) is 1.62. The van der Waals surface area contributed by atoms with E-state index >= 15 is 0 Å². The molecule has 0 fully saturated rings. The van der Waals surface area contributed by atoms with E-state index in [1.165, 1.54) is 10.5 Å². The lowest BCUT2D eigenvalue weighted by Crippen LogP contribution is -1.93. The van der Waals surface area contributed by atoms with Crippen LogP contribution in [-0.4, -0.2) is 12.9 Å². The number of hydrogen-bond acceptors (Lipinski definition) is 2. The van der Waals surface area contributed by atoms with Gasteiger partial charge >= 0.3 is 0 Å². The van der Waals surface area contributed by atoms with Gasteiger partial charge < -0.3 is 4.74 Å². The summed E-state index contributed by atoms with van der Waals surface area (Å²) in [7, 11) is 0.